The molecule has 0 saturated carbocycles. The number of nitrogens with zero attached hydrogens (tertiary/aromatic N) is 1. The van der Waals surface area contributed by atoms with E-state index in [4.69, 9.17) is 0 Å². The van der Waals surface area contributed by atoms with Gasteiger partial charge in [0.2, 0.25) is 18.1 Å². The van der Waals surface area contributed by atoms with Crippen molar-refractivity contribution in [1.29, 1.82) is 0 Å². The molecule has 27 heavy (non-hydrogen) atoms. The lowest BCUT2D eigenvalue weighted by atomic mass is 10.0. The molecule has 1 aliphatic rings. The van der Waals surface area contributed by atoms with Crippen molar-refractivity contribution in [3.05, 3.63) is 71.8 Å². The van der Waals surface area contributed by atoms with Gasteiger partial charge < -0.3 is 10.2 Å². The van der Waals surface area contributed by atoms with E-state index in [2.05, 4.69) is 5.32 Å². The third-order valence-electron chi connectivity index (χ3n) is 4.80. The van der Waals surface area contributed by atoms with Crippen molar-refractivity contribution in [2.75, 3.05) is 6.54 Å². The monoisotopic (exact) mass is 363 g/mol. The lowest BCUT2D eigenvalue weighted by Gasteiger charge is -2.26. The second-order valence-electron chi connectivity index (χ2n) is 6.78. The Morgan fingerprint density at radius 3 is 2.30 bits per heavy atom. The number of hydrogen-bond acceptors (Lipinski definition) is 3. The Morgan fingerprint density at radius 2 is 1.67 bits per heavy atom. The smallest absolute Gasteiger partial charge is 0.246 e. The van der Waals surface area contributed by atoms with Crippen LogP contribution in [0.5, 0.6) is 0 Å². The van der Waals surface area contributed by atoms with Crippen LogP contribution in [0.15, 0.2) is 60.7 Å². The standard InChI is InChI=1S/C22H23N2O3/c25-16-19-12-7-13-24(19)22(27)20(14-17-8-3-1-4-9-17)23-21(26)15-18-10-5-2-6-11-18/h1-6,8-11,19-20H,7,12-15H2,(H,23,26)/t19-,20+/m0/s1. The molecule has 1 aliphatic heterocycles. The van der Waals surface area contributed by atoms with Crippen LogP contribution in [0, 0.1) is 0 Å². The maximum Gasteiger partial charge on any atom is 0.246 e. The molecule has 0 spiro atoms. The van der Waals surface area contributed by atoms with Crippen molar-refractivity contribution in [2.45, 2.75) is 37.8 Å². The van der Waals surface area contributed by atoms with Crippen LogP contribution in [0.25, 0.3) is 0 Å². The van der Waals surface area contributed by atoms with Crippen molar-refractivity contribution in [1.82, 2.24) is 10.2 Å². The van der Waals surface area contributed by atoms with Gasteiger partial charge in [0, 0.05) is 13.0 Å². The molecule has 3 rings (SSSR count). The Bertz CT molecular complexity index is 777. The van der Waals surface area contributed by atoms with Crippen molar-refractivity contribution < 1.29 is 14.4 Å². The molecule has 2 aromatic rings. The summed E-state index contributed by atoms with van der Waals surface area (Å²) < 4.78 is 0. The van der Waals surface area contributed by atoms with Crippen LogP contribution in [0.1, 0.15) is 24.0 Å². The summed E-state index contributed by atoms with van der Waals surface area (Å²) in [5, 5.41) is 2.88. The van der Waals surface area contributed by atoms with Gasteiger partial charge in [0.1, 0.15) is 6.04 Å². The van der Waals surface area contributed by atoms with Crippen LogP contribution in [0.4, 0.5) is 0 Å². The van der Waals surface area contributed by atoms with Gasteiger partial charge in [0.15, 0.2) is 0 Å². The molecule has 1 saturated heterocycles. The molecule has 1 N–H and O–H groups in total. The van der Waals surface area contributed by atoms with E-state index in [-0.39, 0.29) is 18.2 Å². The highest BCUT2D eigenvalue weighted by Gasteiger charge is 2.34. The number of nitrogens with one attached hydrogen (secondary N) is 1. The zero-order valence-corrected chi connectivity index (χ0v) is 15.1. The first-order valence-electron chi connectivity index (χ1n) is 9.22. The van der Waals surface area contributed by atoms with Gasteiger partial charge in [-0.15, -0.1) is 0 Å². The fraction of sp³-hybridized carbons (Fsp3) is 0.318. The van der Waals surface area contributed by atoms with Gasteiger partial charge in [-0.2, -0.15) is 0 Å². The molecule has 5 heteroatoms. The van der Waals surface area contributed by atoms with Crippen molar-refractivity contribution in [3.8, 4) is 0 Å². The molecule has 0 aliphatic carbocycles. The van der Waals surface area contributed by atoms with Crippen LogP contribution in [-0.4, -0.2) is 41.6 Å². The van der Waals surface area contributed by atoms with Gasteiger partial charge in [-0.3, -0.25) is 14.4 Å². The first-order chi connectivity index (χ1) is 13.2. The van der Waals surface area contributed by atoms with Crippen molar-refractivity contribution in [2.24, 2.45) is 0 Å². The minimum absolute atomic E-state index is 0.207. The summed E-state index contributed by atoms with van der Waals surface area (Å²) >= 11 is 0. The van der Waals surface area contributed by atoms with Crippen LogP contribution >= 0.6 is 0 Å². The van der Waals surface area contributed by atoms with E-state index in [1.165, 1.54) is 0 Å². The van der Waals surface area contributed by atoms with Crippen molar-refractivity contribution in [3.63, 3.8) is 0 Å². The molecule has 2 amide bonds. The summed E-state index contributed by atoms with van der Waals surface area (Å²) in [6.07, 6.45) is 3.96. The Labute approximate surface area is 159 Å². The Balaban J connectivity index is 1.73. The number of carbonyl (C=O) groups excluding carboxylic acids is 3. The van der Waals surface area contributed by atoms with E-state index in [9.17, 15) is 14.4 Å². The lowest BCUT2D eigenvalue weighted by molar-refractivity contribution is -0.136. The third-order valence-corrected chi connectivity index (χ3v) is 4.80. The SMILES string of the molecule is O=[C][C@@H]1CCCN1C(=O)[C@@H](Cc1ccccc1)NC(=O)Cc1ccccc1. The average molecular weight is 363 g/mol. The van der Waals surface area contributed by atoms with E-state index in [0.29, 0.717) is 19.4 Å². The summed E-state index contributed by atoms with van der Waals surface area (Å²) in [7, 11) is 0. The number of rotatable bonds is 7. The lowest BCUT2D eigenvalue weighted by Crippen LogP contribution is -2.51. The zero-order chi connectivity index (χ0) is 19.1. The average Bonchev–Trinajstić information content (AvgIpc) is 3.17. The van der Waals surface area contributed by atoms with Crippen molar-refractivity contribution >= 4 is 18.1 Å². The quantitative estimate of drug-likeness (QED) is 0.819. The summed E-state index contributed by atoms with van der Waals surface area (Å²) in [5.41, 5.74) is 1.85. The topological polar surface area (TPSA) is 66.5 Å². The minimum atomic E-state index is -0.697. The highest BCUT2D eigenvalue weighted by Crippen LogP contribution is 2.18. The van der Waals surface area contributed by atoms with Crippen LogP contribution in [0.2, 0.25) is 0 Å². The number of carbonyl (C=O) groups is 2. The molecular weight excluding hydrogens is 340 g/mol. The molecule has 5 nitrogen and oxygen atoms in total. The molecule has 0 bridgehead atoms. The largest absolute Gasteiger partial charge is 0.344 e. The van der Waals surface area contributed by atoms with E-state index < -0.39 is 12.1 Å². The Morgan fingerprint density at radius 1 is 1.04 bits per heavy atom. The van der Waals surface area contributed by atoms with E-state index >= 15 is 0 Å². The maximum atomic E-state index is 13.0. The minimum Gasteiger partial charge on any atom is -0.344 e. The molecule has 1 fully saturated rings. The van der Waals surface area contributed by atoms with Gasteiger partial charge in [-0.05, 0) is 24.0 Å². The fourth-order valence-corrected chi connectivity index (χ4v) is 3.43. The fourth-order valence-electron chi connectivity index (χ4n) is 3.43. The van der Waals surface area contributed by atoms with Gasteiger partial charge in [-0.25, -0.2) is 0 Å². The number of likely N-dealkylation sites (tertiary alicyclic amines) is 1. The molecule has 0 unspecified atom stereocenters. The predicted molar refractivity (Wildman–Crippen MR) is 103 cm³/mol. The van der Waals surface area contributed by atoms with Crippen LogP contribution in [-0.2, 0) is 27.2 Å². The molecule has 139 valence electrons. The highest BCUT2D eigenvalue weighted by atomic mass is 16.2. The van der Waals surface area contributed by atoms with Gasteiger partial charge in [0.25, 0.3) is 0 Å². The van der Waals surface area contributed by atoms with E-state index in [1.807, 2.05) is 66.9 Å². The molecular formula is C22H23N2O3. The summed E-state index contributed by atoms with van der Waals surface area (Å²) in [6.45, 7) is 0.526. The first kappa shape index (κ1) is 18.8. The van der Waals surface area contributed by atoms with Gasteiger partial charge >= 0.3 is 0 Å². The van der Waals surface area contributed by atoms with Gasteiger partial charge in [0.05, 0.1) is 12.5 Å². The zero-order valence-electron chi connectivity index (χ0n) is 15.1. The molecule has 0 aromatic heterocycles. The summed E-state index contributed by atoms with van der Waals surface area (Å²) in [6, 6.07) is 17.8. The molecule has 2 aromatic carbocycles. The number of hydrogen-bond donors (Lipinski definition) is 1. The Kier molecular flexibility index (Phi) is 6.36. The molecule has 1 radical (unpaired) electrons. The number of benzene rings is 2. The second kappa shape index (κ2) is 9.12. The normalized spacial score (nSPS) is 17.3. The van der Waals surface area contributed by atoms with E-state index in [0.717, 1.165) is 17.5 Å². The molecule has 2 atom stereocenters. The summed E-state index contributed by atoms with van der Waals surface area (Å²) in [4.78, 5) is 38.3. The van der Waals surface area contributed by atoms with Gasteiger partial charge in [-0.1, -0.05) is 60.7 Å². The Hall–Kier alpha value is -2.95. The second-order valence-corrected chi connectivity index (χ2v) is 6.78. The summed E-state index contributed by atoms with van der Waals surface area (Å²) in [5.74, 6) is -0.424. The van der Waals surface area contributed by atoms with E-state index in [1.54, 1.807) is 4.90 Å². The maximum absolute atomic E-state index is 13.0. The molecule has 1 heterocycles. The third kappa shape index (κ3) is 5.03. The van der Waals surface area contributed by atoms with Crippen LogP contribution in [0.3, 0.4) is 0 Å². The van der Waals surface area contributed by atoms with Crippen LogP contribution < -0.4 is 5.32 Å². The number of amides is 2. The highest BCUT2D eigenvalue weighted by molar-refractivity contribution is 5.90. The first-order valence-corrected chi connectivity index (χ1v) is 9.22. The predicted octanol–water partition coefficient (Wildman–Crippen LogP) is 2.06.